The molecule has 0 aromatic rings. The highest BCUT2D eigenvalue weighted by molar-refractivity contribution is 7.99. The normalized spacial score (nSPS) is 36.9. The van der Waals surface area contributed by atoms with E-state index in [-0.39, 0.29) is 45.1 Å². The van der Waals surface area contributed by atoms with E-state index in [9.17, 15) is 10.2 Å². The zero-order chi connectivity index (χ0) is 34.2. The summed E-state index contributed by atoms with van der Waals surface area (Å²) in [4.78, 5) is 0. The van der Waals surface area contributed by atoms with Crippen LogP contribution in [0.1, 0.15) is 115 Å². The topological polar surface area (TPSA) is 58.9 Å². The zero-order valence-corrected chi connectivity index (χ0v) is 34.6. The number of fused-ring (bicyclic) bond motifs is 5. The van der Waals surface area contributed by atoms with Gasteiger partial charge in [0, 0.05) is 16.6 Å². The molecule has 0 radical (unpaired) electrons. The van der Waals surface area contributed by atoms with E-state index < -0.39 is 22.2 Å². The van der Waals surface area contributed by atoms with E-state index in [1.165, 1.54) is 5.57 Å². The minimum absolute atomic E-state index is 0.0513. The molecule has 4 nitrogen and oxygen atoms in total. The summed E-state index contributed by atoms with van der Waals surface area (Å²) in [5.41, 5.74) is 2.50. The Bertz CT molecular complexity index is 1140. The number of thioether (sulfide) groups is 1. The monoisotopic (exact) mass is 678 g/mol. The Hall–Kier alpha value is 0.104. The van der Waals surface area contributed by atoms with Gasteiger partial charge < -0.3 is 19.1 Å². The van der Waals surface area contributed by atoms with Crippen LogP contribution in [0.25, 0.3) is 0 Å². The molecule has 0 spiro atoms. The fourth-order valence-corrected chi connectivity index (χ4v) is 13.4. The molecule has 1 unspecified atom stereocenters. The maximum atomic E-state index is 11.7. The molecule has 0 heterocycles. The van der Waals surface area contributed by atoms with Crippen LogP contribution in [0.2, 0.25) is 36.3 Å². The molecule has 45 heavy (non-hydrogen) atoms. The van der Waals surface area contributed by atoms with Crippen molar-refractivity contribution in [1.82, 2.24) is 0 Å². The maximum Gasteiger partial charge on any atom is 0.192 e. The molecule has 0 aromatic carbocycles. The van der Waals surface area contributed by atoms with Crippen LogP contribution in [-0.4, -0.2) is 61.8 Å². The number of hydrogen-bond donors (Lipinski definition) is 2. The molecule has 260 valence electrons. The van der Waals surface area contributed by atoms with E-state index in [4.69, 9.17) is 8.85 Å². The van der Waals surface area contributed by atoms with Gasteiger partial charge in [0.15, 0.2) is 16.6 Å². The second-order valence-corrected chi connectivity index (χ2v) is 30.6. The van der Waals surface area contributed by atoms with Gasteiger partial charge in [0.05, 0.1) is 23.9 Å². The summed E-state index contributed by atoms with van der Waals surface area (Å²) in [7, 11) is -3.99. The van der Waals surface area contributed by atoms with E-state index in [2.05, 4.69) is 101 Å². The van der Waals surface area contributed by atoms with Gasteiger partial charge in [-0.1, -0.05) is 85.6 Å². The molecule has 7 heteroatoms. The Morgan fingerprint density at radius 1 is 0.911 bits per heavy atom. The summed E-state index contributed by atoms with van der Waals surface area (Å²) >= 11 is 1.94. The molecule has 2 N–H and O–H groups in total. The minimum atomic E-state index is -2.05. The van der Waals surface area contributed by atoms with Crippen LogP contribution in [0.3, 0.4) is 0 Å². The summed E-state index contributed by atoms with van der Waals surface area (Å²) in [5, 5.41) is 22.6. The van der Waals surface area contributed by atoms with E-state index in [1.807, 2.05) is 25.6 Å². The van der Waals surface area contributed by atoms with Crippen molar-refractivity contribution in [3.8, 4) is 0 Å². The third kappa shape index (κ3) is 7.21. The molecule has 0 bridgehead atoms. The quantitative estimate of drug-likeness (QED) is 0.238. The second kappa shape index (κ2) is 12.5. The lowest BCUT2D eigenvalue weighted by molar-refractivity contribution is -0.0438. The van der Waals surface area contributed by atoms with Gasteiger partial charge in [-0.2, -0.15) is 11.8 Å². The van der Waals surface area contributed by atoms with Crippen LogP contribution in [0.5, 0.6) is 0 Å². The Morgan fingerprint density at radius 2 is 1.49 bits per heavy atom. The molecule has 4 aliphatic rings. The Kier molecular flexibility index (Phi) is 10.5. The summed E-state index contributed by atoms with van der Waals surface area (Å²) in [5.74, 6) is 2.04. The summed E-state index contributed by atoms with van der Waals surface area (Å²) in [6.07, 6.45) is 10.9. The van der Waals surface area contributed by atoms with Crippen molar-refractivity contribution in [2.75, 3.05) is 5.75 Å². The van der Waals surface area contributed by atoms with E-state index in [0.29, 0.717) is 17.1 Å². The highest BCUT2D eigenvalue weighted by atomic mass is 32.2. The lowest BCUT2D eigenvalue weighted by Crippen LogP contribution is -2.58. The first-order valence-electron chi connectivity index (χ1n) is 18.0. The van der Waals surface area contributed by atoms with Crippen LogP contribution in [-0.2, 0) is 8.85 Å². The number of hydrogen-bond acceptors (Lipinski definition) is 5. The molecule has 0 aromatic heterocycles. The van der Waals surface area contributed by atoms with Gasteiger partial charge >= 0.3 is 0 Å². The fourth-order valence-electron chi connectivity index (χ4n) is 8.90. The lowest BCUT2D eigenvalue weighted by Gasteiger charge is -2.59. The molecular weight excluding hydrogens is 609 g/mol. The van der Waals surface area contributed by atoms with Gasteiger partial charge in [-0.15, -0.1) is 0 Å². The van der Waals surface area contributed by atoms with Gasteiger partial charge in [-0.25, -0.2) is 0 Å². The van der Waals surface area contributed by atoms with Crippen molar-refractivity contribution >= 4 is 28.4 Å². The van der Waals surface area contributed by atoms with Crippen LogP contribution < -0.4 is 0 Å². The summed E-state index contributed by atoms with van der Waals surface area (Å²) < 4.78 is 14.7. The SMILES string of the molecule is CC(SCCC(C)(C)O)[C@H]1[C@H](O)C[C@H]2C3=CC=C4C[C@@H](O[Si](C)(C)C(C)(C)C)C[C@H](O[Si](C)(C)C(C)(C)C)[C@]4(C)[C@H]3CC[C@@]21C. The third-order valence-electron chi connectivity index (χ3n) is 13.8. The first-order valence-corrected chi connectivity index (χ1v) is 24.9. The van der Waals surface area contributed by atoms with Gasteiger partial charge in [0.1, 0.15) is 0 Å². The number of aliphatic hydroxyl groups is 2. The van der Waals surface area contributed by atoms with Crippen LogP contribution in [0.4, 0.5) is 0 Å². The number of allylic oxidation sites excluding steroid dienone is 3. The molecule has 0 saturated heterocycles. The van der Waals surface area contributed by atoms with Crippen molar-refractivity contribution in [1.29, 1.82) is 0 Å². The Labute approximate surface area is 284 Å². The molecule has 4 aliphatic carbocycles. The molecule has 0 amide bonds. The van der Waals surface area contributed by atoms with Crippen LogP contribution >= 0.6 is 11.8 Å². The predicted molar refractivity (Wildman–Crippen MR) is 199 cm³/mol. The van der Waals surface area contributed by atoms with Crippen LogP contribution in [0, 0.1) is 28.6 Å². The molecule has 4 rings (SSSR count). The van der Waals surface area contributed by atoms with E-state index >= 15 is 0 Å². The number of aliphatic hydroxyl groups excluding tert-OH is 1. The first kappa shape index (κ1) is 37.9. The molecule has 3 saturated carbocycles. The zero-order valence-electron chi connectivity index (χ0n) is 31.8. The van der Waals surface area contributed by atoms with Gasteiger partial charge in [0.2, 0.25) is 0 Å². The standard InChI is InChI=1S/C38H70O4SSi2/c1-25(43-21-20-36(8,9)40)33-31(39)24-30-28-17-16-26-22-27(41-44(12,13)34(2,3)4)23-32(42-45(14,15)35(5,6)7)38(26,11)29(28)18-19-37(30,33)10/h16-17,25,27,29-33,39-40H,18-24H2,1-15H3/t25?,27-,29+,30+,31-,32+,33+,37+,38+/m1/s1. The Morgan fingerprint density at radius 3 is 2.04 bits per heavy atom. The second-order valence-electron chi connectivity index (χ2n) is 19.6. The smallest absolute Gasteiger partial charge is 0.192 e. The van der Waals surface area contributed by atoms with Crippen LogP contribution in [0.15, 0.2) is 23.3 Å². The molecular formula is C38H70O4SSi2. The van der Waals surface area contributed by atoms with Crippen molar-refractivity contribution in [3.05, 3.63) is 23.3 Å². The Balaban J connectivity index is 1.68. The minimum Gasteiger partial charge on any atom is -0.414 e. The maximum absolute atomic E-state index is 11.7. The molecule has 3 fully saturated rings. The highest BCUT2D eigenvalue weighted by Crippen LogP contribution is 2.67. The van der Waals surface area contributed by atoms with Gasteiger partial charge in [0.25, 0.3) is 0 Å². The average Bonchev–Trinajstić information content (AvgIpc) is 3.12. The van der Waals surface area contributed by atoms with Crippen molar-refractivity contribution in [2.24, 2.45) is 28.6 Å². The average molecular weight is 679 g/mol. The fraction of sp³-hybridized carbons (Fsp3) is 0.895. The van der Waals surface area contributed by atoms with Crippen molar-refractivity contribution < 1.29 is 19.1 Å². The van der Waals surface area contributed by atoms with Gasteiger partial charge in [-0.3, -0.25) is 0 Å². The summed E-state index contributed by atoms with van der Waals surface area (Å²) in [6, 6.07) is 0. The van der Waals surface area contributed by atoms with E-state index in [1.54, 1.807) is 5.57 Å². The number of rotatable bonds is 9. The highest BCUT2D eigenvalue weighted by Gasteiger charge is 2.62. The third-order valence-corrected chi connectivity index (χ3v) is 24.1. The van der Waals surface area contributed by atoms with Crippen molar-refractivity contribution in [3.63, 3.8) is 0 Å². The molecule has 0 aliphatic heterocycles. The lowest BCUT2D eigenvalue weighted by atomic mass is 9.49. The molecule has 9 atom stereocenters. The summed E-state index contributed by atoms with van der Waals surface area (Å²) in [6.45, 7) is 34.9. The first-order chi connectivity index (χ1) is 20.2. The van der Waals surface area contributed by atoms with Gasteiger partial charge in [-0.05, 0) is 112 Å². The van der Waals surface area contributed by atoms with E-state index in [0.717, 1.165) is 44.3 Å². The largest absolute Gasteiger partial charge is 0.414 e. The van der Waals surface area contributed by atoms with Crippen molar-refractivity contribution in [2.45, 2.75) is 180 Å². The predicted octanol–water partition coefficient (Wildman–Crippen LogP) is 10.1.